The summed E-state index contributed by atoms with van der Waals surface area (Å²) >= 11 is 1.54. The molecule has 2 fully saturated rings. The number of anilines is 1. The summed E-state index contributed by atoms with van der Waals surface area (Å²) in [6, 6.07) is 1.83. The maximum absolute atomic E-state index is 5.53. The summed E-state index contributed by atoms with van der Waals surface area (Å²) < 4.78 is 10.5. The van der Waals surface area contributed by atoms with Gasteiger partial charge in [-0.25, -0.2) is 4.99 Å². The van der Waals surface area contributed by atoms with Crippen LogP contribution in [0.4, 0.5) is 5.82 Å². The molecule has 2 aliphatic rings. The molecule has 1 atom stereocenters. The van der Waals surface area contributed by atoms with Crippen molar-refractivity contribution in [3.63, 3.8) is 0 Å². The van der Waals surface area contributed by atoms with Crippen LogP contribution < -0.4 is 10.6 Å². The Morgan fingerprint density at radius 2 is 2.45 bits per heavy atom. The summed E-state index contributed by atoms with van der Waals surface area (Å²) in [6.07, 6.45) is 4.28. The predicted molar refractivity (Wildman–Crippen MR) is 88.1 cm³/mol. The second-order valence-corrected chi connectivity index (χ2v) is 6.18. The number of rotatable bonds is 5. The SMILES string of the molecule is C/C(=C/N=C1NC(=NC[C@@H]2CCCO2)S1)Nc1cc(C)on1. The third kappa shape index (κ3) is 4.11. The average Bonchev–Trinajstić information content (AvgIpc) is 3.08. The highest BCUT2D eigenvalue weighted by atomic mass is 32.2. The highest BCUT2D eigenvalue weighted by Gasteiger charge is 2.21. The molecule has 0 spiro atoms. The number of ether oxygens (including phenoxy) is 1. The Morgan fingerprint density at radius 3 is 3.14 bits per heavy atom. The molecule has 3 heterocycles. The van der Waals surface area contributed by atoms with Crippen molar-refractivity contribution in [2.24, 2.45) is 9.98 Å². The van der Waals surface area contributed by atoms with Crippen molar-refractivity contribution < 1.29 is 9.26 Å². The average molecular weight is 321 g/mol. The minimum absolute atomic E-state index is 0.285. The summed E-state index contributed by atoms with van der Waals surface area (Å²) in [5.41, 5.74) is 0.882. The zero-order chi connectivity index (χ0) is 15.4. The van der Waals surface area contributed by atoms with Crippen LogP contribution in [0.5, 0.6) is 0 Å². The summed E-state index contributed by atoms with van der Waals surface area (Å²) in [7, 11) is 0. The van der Waals surface area contributed by atoms with Gasteiger partial charge in [-0.1, -0.05) is 5.16 Å². The van der Waals surface area contributed by atoms with E-state index in [1.807, 2.05) is 19.9 Å². The van der Waals surface area contributed by atoms with Gasteiger partial charge in [-0.05, 0) is 38.5 Å². The van der Waals surface area contributed by atoms with Crippen LogP contribution in [0.2, 0.25) is 0 Å². The van der Waals surface area contributed by atoms with E-state index in [0.29, 0.717) is 5.82 Å². The van der Waals surface area contributed by atoms with E-state index in [-0.39, 0.29) is 6.10 Å². The zero-order valence-corrected chi connectivity index (χ0v) is 13.4. The van der Waals surface area contributed by atoms with E-state index in [9.17, 15) is 0 Å². The molecule has 2 saturated heterocycles. The number of hydrogen-bond donors (Lipinski definition) is 2. The minimum atomic E-state index is 0.285. The molecule has 118 valence electrons. The van der Waals surface area contributed by atoms with Gasteiger partial charge >= 0.3 is 0 Å². The first-order valence-corrected chi connectivity index (χ1v) is 8.06. The van der Waals surface area contributed by atoms with Crippen LogP contribution in [0.25, 0.3) is 0 Å². The van der Waals surface area contributed by atoms with Crippen molar-refractivity contribution in [3.05, 3.63) is 23.7 Å². The molecular formula is C14H19N5O2S. The molecule has 0 unspecified atom stereocenters. The third-order valence-corrected chi connectivity index (χ3v) is 4.02. The normalized spacial score (nSPS) is 25.4. The fourth-order valence-electron chi connectivity index (χ4n) is 2.11. The quantitative estimate of drug-likeness (QED) is 0.867. The smallest absolute Gasteiger partial charge is 0.175 e. The molecule has 0 aliphatic carbocycles. The van der Waals surface area contributed by atoms with Gasteiger partial charge in [0.15, 0.2) is 16.2 Å². The lowest BCUT2D eigenvalue weighted by molar-refractivity contribution is 0.118. The van der Waals surface area contributed by atoms with Gasteiger partial charge in [0.05, 0.1) is 12.6 Å². The van der Waals surface area contributed by atoms with Crippen molar-refractivity contribution in [2.75, 3.05) is 18.5 Å². The number of amidine groups is 2. The van der Waals surface area contributed by atoms with Crippen LogP contribution in [0.1, 0.15) is 25.5 Å². The number of hydrogen-bond acceptors (Lipinski definition) is 7. The second kappa shape index (κ2) is 6.97. The number of aliphatic imine (C=N–C) groups is 2. The molecule has 0 radical (unpaired) electrons. The van der Waals surface area contributed by atoms with E-state index in [4.69, 9.17) is 9.26 Å². The van der Waals surface area contributed by atoms with Crippen molar-refractivity contribution in [1.82, 2.24) is 10.5 Å². The molecule has 1 aromatic rings. The Kier molecular flexibility index (Phi) is 4.79. The first-order chi connectivity index (χ1) is 10.7. The summed E-state index contributed by atoms with van der Waals surface area (Å²) in [5, 5.41) is 11.8. The van der Waals surface area contributed by atoms with Crippen molar-refractivity contribution in [1.29, 1.82) is 0 Å². The Labute approximate surface area is 133 Å². The molecule has 2 N–H and O–H groups in total. The maximum Gasteiger partial charge on any atom is 0.175 e. The van der Waals surface area contributed by atoms with Gasteiger partial charge in [0.2, 0.25) is 0 Å². The Hall–Kier alpha value is -1.80. The van der Waals surface area contributed by atoms with E-state index >= 15 is 0 Å². The first kappa shape index (κ1) is 15.1. The van der Waals surface area contributed by atoms with Crippen molar-refractivity contribution >= 4 is 27.9 Å². The highest BCUT2D eigenvalue weighted by Crippen LogP contribution is 2.18. The van der Waals surface area contributed by atoms with Gasteiger partial charge in [-0.15, -0.1) is 0 Å². The largest absolute Gasteiger partial charge is 0.376 e. The number of allylic oxidation sites excluding steroid dienone is 1. The van der Waals surface area contributed by atoms with E-state index in [2.05, 4.69) is 25.8 Å². The molecule has 3 rings (SSSR count). The summed E-state index contributed by atoms with van der Waals surface area (Å²) in [6.45, 7) is 5.36. The Bertz CT molecular complexity index is 607. The molecule has 1 aromatic heterocycles. The molecule has 0 aromatic carbocycles. The predicted octanol–water partition coefficient (Wildman–Crippen LogP) is 2.48. The highest BCUT2D eigenvalue weighted by molar-refractivity contribution is 8.29. The van der Waals surface area contributed by atoms with Gasteiger partial charge in [0.25, 0.3) is 0 Å². The molecule has 8 heteroatoms. The molecule has 0 amide bonds. The molecule has 22 heavy (non-hydrogen) atoms. The van der Waals surface area contributed by atoms with Gasteiger partial charge in [-0.2, -0.15) is 0 Å². The number of aryl methyl sites for hydroxylation is 1. The second-order valence-electron chi connectivity index (χ2n) is 5.20. The van der Waals surface area contributed by atoms with Gasteiger partial charge in [0, 0.05) is 24.6 Å². The fraction of sp³-hybridized carbons (Fsp3) is 0.500. The molecule has 2 aliphatic heterocycles. The van der Waals surface area contributed by atoms with E-state index in [0.717, 1.165) is 47.8 Å². The lowest BCUT2D eigenvalue weighted by atomic mass is 10.2. The number of nitrogens with zero attached hydrogens (tertiary/aromatic N) is 3. The van der Waals surface area contributed by atoms with Gasteiger partial charge < -0.3 is 19.9 Å². The van der Waals surface area contributed by atoms with E-state index < -0.39 is 0 Å². The van der Waals surface area contributed by atoms with Crippen LogP contribution in [0.15, 0.2) is 32.5 Å². The monoisotopic (exact) mass is 321 g/mol. The van der Waals surface area contributed by atoms with Crippen molar-refractivity contribution in [2.45, 2.75) is 32.8 Å². The van der Waals surface area contributed by atoms with Crippen LogP contribution in [-0.4, -0.2) is 34.7 Å². The van der Waals surface area contributed by atoms with Crippen LogP contribution in [0.3, 0.4) is 0 Å². The van der Waals surface area contributed by atoms with Crippen LogP contribution in [0, 0.1) is 6.92 Å². The topological polar surface area (TPSA) is 84.0 Å². The standard InChI is InChI=1S/C14H19N5O2S/c1-9(17-12-6-10(2)21-19-12)7-15-13-18-14(22-13)16-8-11-4-3-5-20-11/h6-7,11H,3-5,8H2,1-2H3,(H,17,19)(H,15,16,18)/b9-7-/t11-/m0/s1. The summed E-state index contributed by atoms with van der Waals surface area (Å²) in [4.78, 5) is 8.80. The number of thioether (sulfide) groups is 1. The zero-order valence-electron chi connectivity index (χ0n) is 12.6. The van der Waals surface area contributed by atoms with Crippen LogP contribution >= 0.6 is 11.8 Å². The first-order valence-electron chi connectivity index (χ1n) is 7.25. The minimum Gasteiger partial charge on any atom is -0.376 e. The van der Waals surface area contributed by atoms with Gasteiger partial charge in [0.1, 0.15) is 5.76 Å². The summed E-state index contributed by atoms with van der Waals surface area (Å²) in [5.74, 6) is 1.45. The maximum atomic E-state index is 5.53. The molecular weight excluding hydrogens is 302 g/mol. The fourth-order valence-corrected chi connectivity index (χ4v) is 2.68. The molecule has 7 nitrogen and oxygen atoms in total. The van der Waals surface area contributed by atoms with E-state index in [1.165, 1.54) is 11.8 Å². The van der Waals surface area contributed by atoms with E-state index in [1.54, 1.807) is 6.20 Å². The lowest BCUT2D eigenvalue weighted by Gasteiger charge is -2.20. The van der Waals surface area contributed by atoms with Gasteiger partial charge in [-0.3, -0.25) is 4.99 Å². The number of aromatic nitrogens is 1. The molecule has 0 saturated carbocycles. The van der Waals surface area contributed by atoms with Crippen molar-refractivity contribution in [3.8, 4) is 0 Å². The number of nitrogens with one attached hydrogen (secondary N) is 2. The Morgan fingerprint density at radius 1 is 1.59 bits per heavy atom. The molecule has 0 bridgehead atoms. The Balaban J connectivity index is 1.44. The lowest BCUT2D eigenvalue weighted by Crippen LogP contribution is -2.38. The third-order valence-electron chi connectivity index (χ3n) is 3.20. The van der Waals surface area contributed by atoms with Crippen LogP contribution in [-0.2, 0) is 4.74 Å².